The fraction of sp³-hybridized carbons (Fsp3) is 0.875. The van der Waals surface area contributed by atoms with E-state index in [9.17, 15) is 25.5 Å². The van der Waals surface area contributed by atoms with Gasteiger partial charge in [-0.15, -0.1) is 0 Å². The molecule has 2 aliphatic rings. The van der Waals surface area contributed by atoms with E-state index >= 15 is 0 Å². The summed E-state index contributed by atoms with van der Waals surface area (Å²) in [6, 6.07) is 0. The van der Waals surface area contributed by atoms with Gasteiger partial charge >= 0.3 is 0 Å². The van der Waals surface area contributed by atoms with Crippen molar-refractivity contribution in [1.29, 1.82) is 0 Å². The summed E-state index contributed by atoms with van der Waals surface area (Å²) >= 11 is 0. The molecule has 0 aromatic heterocycles. The summed E-state index contributed by atoms with van der Waals surface area (Å²) in [6.45, 7) is 3.24. The van der Waals surface area contributed by atoms with Crippen molar-refractivity contribution >= 4 is 0 Å². The van der Waals surface area contributed by atoms with E-state index in [2.05, 4.69) is 0 Å². The smallest absolute Gasteiger partial charge is 0.106 e. The SMILES string of the molecule is CC(C)CC1[CH-]C(O)C(OC2[CH-]C(O)C(O)C(CO)O2)C(CO)O1.[W].[W]. The Hall–Kier alpha value is 1.06. The van der Waals surface area contributed by atoms with E-state index in [0.29, 0.717) is 12.3 Å². The standard InChI is InChI=1S/C16H28O8.2W/c1-8(2)3-9-4-11(20)16(13(7-18)22-9)24-14-5-10(19)15(21)12(6-17)23-14;;/h4-5,8-21H,3,6-7H2,1-2H3;;/q-2;;. The van der Waals surface area contributed by atoms with Crippen LogP contribution < -0.4 is 0 Å². The van der Waals surface area contributed by atoms with Gasteiger partial charge in [0.1, 0.15) is 12.2 Å². The fourth-order valence-electron chi connectivity index (χ4n) is 2.99. The molecule has 2 rings (SSSR count). The van der Waals surface area contributed by atoms with Gasteiger partial charge in [0, 0.05) is 48.4 Å². The molecule has 0 amide bonds. The first-order valence-electron chi connectivity index (χ1n) is 8.28. The molecule has 0 aliphatic carbocycles. The Labute approximate surface area is 182 Å². The van der Waals surface area contributed by atoms with Gasteiger partial charge in [0.25, 0.3) is 0 Å². The van der Waals surface area contributed by atoms with Crippen LogP contribution in [0.5, 0.6) is 0 Å². The maximum atomic E-state index is 10.3. The number of ether oxygens (including phenoxy) is 3. The third-order valence-corrected chi connectivity index (χ3v) is 4.21. The average Bonchev–Trinajstić information content (AvgIpc) is 2.52. The minimum absolute atomic E-state index is 0. The van der Waals surface area contributed by atoms with Gasteiger partial charge in [-0.25, -0.2) is 6.42 Å². The Morgan fingerprint density at radius 2 is 1.54 bits per heavy atom. The van der Waals surface area contributed by atoms with Crippen LogP contribution >= 0.6 is 0 Å². The first kappa shape index (κ1) is 27.1. The minimum Gasteiger partial charge on any atom is -0.422 e. The maximum absolute atomic E-state index is 10.3. The molecule has 0 spiro atoms. The van der Waals surface area contributed by atoms with Crippen LogP contribution in [-0.2, 0) is 56.3 Å². The molecule has 154 valence electrons. The Bertz CT molecular complexity index is 389. The van der Waals surface area contributed by atoms with Crippen LogP contribution in [0.3, 0.4) is 0 Å². The van der Waals surface area contributed by atoms with Gasteiger partial charge in [-0.1, -0.05) is 26.4 Å². The second-order valence-electron chi connectivity index (χ2n) is 6.71. The summed E-state index contributed by atoms with van der Waals surface area (Å²) in [5, 5.41) is 48.5. The third kappa shape index (κ3) is 7.14. The summed E-state index contributed by atoms with van der Waals surface area (Å²) in [5.74, 6) is 0.368. The van der Waals surface area contributed by atoms with E-state index in [-0.39, 0.29) is 54.8 Å². The molecule has 8 atom stereocenters. The van der Waals surface area contributed by atoms with Crippen molar-refractivity contribution in [2.45, 2.75) is 69.3 Å². The second-order valence-corrected chi connectivity index (χ2v) is 6.71. The molecular formula is C16H28O8W2-2. The molecule has 2 aliphatic heterocycles. The first-order valence-corrected chi connectivity index (χ1v) is 8.28. The van der Waals surface area contributed by atoms with Gasteiger partial charge in [0.2, 0.25) is 0 Å². The Kier molecular flexibility index (Phi) is 13.1. The molecule has 0 aromatic carbocycles. The Morgan fingerprint density at radius 1 is 0.923 bits per heavy atom. The van der Waals surface area contributed by atoms with Gasteiger partial charge in [0.05, 0.1) is 25.4 Å². The van der Waals surface area contributed by atoms with Crippen molar-refractivity contribution in [2.75, 3.05) is 13.2 Å². The second kappa shape index (κ2) is 12.6. The van der Waals surface area contributed by atoms with Crippen LogP contribution in [0.1, 0.15) is 20.3 Å². The van der Waals surface area contributed by atoms with Crippen LogP contribution in [-0.4, -0.2) is 87.8 Å². The molecule has 0 bridgehead atoms. The van der Waals surface area contributed by atoms with E-state index in [1.165, 1.54) is 6.42 Å². The van der Waals surface area contributed by atoms with Gasteiger partial charge < -0.3 is 39.7 Å². The molecule has 10 heteroatoms. The first-order chi connectivity index (χ1) is 11.3. The number of rotatable bonds is 6. The third-order valence-electron chi connectivity index (χ3n) is 4.21. The van der Waals surface area contributed by atoms with Crippen LogP contribution in [0.2, 0.25) is 0 Å². The van der Waals surface area contributed by atoms with Crippen molar-refractivity contribution in [3.8, 4) is 0 Å². The van der Waals surface area contributed by atoms with Crippen molar-refractivity contribution in [3.05, 3.63) is 12.8 Å². The molecule has 26 heavy (non-hydrogen) atoms. The van der Waals surface area contributed by atoms with E-state index in [1.54, 1.807) is 6.42 Å². The van der Waals surface area contributed by atoms with E-state index < -0.39 is 49.5 Å². The summed E-state index contributed by atoms with van der Waals surface area (Å²) in [6.07, 6.45) is -3.86. The zero-order chi connectivity index (χ0) is 17.9. The molecule has 2 saturated heterocycles. The molecule has 2 fully saturated rings. The monoisotopic (exact) mass is 716 g/mol. The number of aliphatic hydroxyl groups excluding tert-OH is 5. The fourth-order valence-corrected chi connectivity index (χ4v) is 2.99. The minimum atomic E-state index is -1.25. The quantitative estimate of drug-likeness (QED) is 0.208. The van der Waals surface area contributed by atoms with E-state index in [0.717, 1.165) is 0 Å². The molecule has 0 saturated carbocycles. The van der Waals surface area contributed by atoms with Crippen molar-refractivity contribution in [3.63, 3.8) is 0 Å². The number of hydrogen-bond donors (Lipinski definition) is 5. The van der Waals surface area contributed by atoms with Crippen LogP contribution in [0.25, 0.3) is 0 Å². The van der Waals surface area contributed by atoms with E-state index in [1.807, 2.05) is 13.8 Å². The number of hydrogen-bond acceptors (Lipinski definition) is 8. The molecule has 5 N–H and O–H groups in total. The summed E-state index contributed by atoms with van der Waals surface area (Å²) < 4.78 is 16.7. The van der Waals surface area contributed by atoms with Gasteiger partial charge in [-0.2, -0.15) is 0 Å². The van der Waals surface area contributed by atoms with Crippen LogP contribution in [0, 0.1) is 18.8 Å². The topological polar surface area (TPSA) is 129 Å². The van der Waals surface area contributed by atoms with Gasteiger partial charge in [0.15, 0.2) is 0 Å². The molecule has 8 nitrogen and oxygen atoms in total. The Morgan fingerprint density at radius 3 is 2.08 bits per heavy atom. The van der Waals surface area contributed by atoms with Crippen molar-refractivity contribution < 1.29 is 81.9 Å². The van der Waals surface area contributed by atoms with Crippen LogP contribution in [0.4, 0.5) is 0 Å². The van der Waals surface area contributed by atoms with E-state index in [4.69, 9.17) is 14.2 Å². The normalized spacial score (nSPS) is 40.6. The summed E-state index contributed by atoms with van der Waals surface area (Å²) in [4.78, 5) is 0. The summed E-state index contributed by atoms with van der Waals surface area (Å²) in [5.41, 5.74) is 0. The number of aliphatic hydroxyl groups is 5. The molecule has 0 radical (unpaired) electrons. The molecule has 0 aromatic rings. The zero-order valence-corrected chi connectivity index (χ0v) is 20.6. The molecular weight excluding hydrogens is 688 g/mol. The van der Waals surface area contributed by atoms with Crippen molar-refractivity contribution in [1.82, 2.24) is 0 Å². The molecule has 2 heterocycles. The van der Waals surface area contributed by atoms with Crippen molar-refractivity contribution in [2.24, 2.45) is 5.92 Å². The predicted molar refractivity (Wildman–Crippen MR) is 82.4 cm³/mol. The predicted octanol–water partition coefficient (Wildman–Crippen LogP) is -1.62. The largest absolute Gasteiger partial charge is 0.422 e. The van der Waals surface area contributed by atoms with Crippen LogP contribution in [0.15, 0.2) is 0 Å². The van der Waals surface area contributed by atoms with Gasteiger partial charge in [-0.05, 0) is 18.1 Å². The zero-order valence-electron chi connectivity index (χ0n) is 14.7. The van der Waals surface area contributed by atoms with Gasteiger partial charge in [-0.3, -0.25) is 6.42 Å². The Balaban J connectivity index is 0.00000312. The molecule has 8 unspecified atom stereocenters. The maximum Gasteiger partial charge on any atom is 0.106 e. The summed E-state index contributed by atoms with van der Waals surface area (Å²) in [7, 11) is 0. The average molecular weight is 716 g/mol.